The lowest BCUT2D eigenvalue weighted by molar-refractivity contribution is -0.117. The Morgan fingerprint density at radius 2 is 1.96 bits per heavy atom. The van der Waals surface area contributed by atoms with Crippen LogP contribution < -0.4 is 5.32 Å². The Morgan fingerprint density at radius 3 is 2.61 bits per heavy atom. The minimum absolute atomic E-state index is 0.0923. The zero-order valence-corrected chi connectivity index (χ0v) is 14.6. The molecule has 2 rings (SSSR count). The fourth-order valence-corrected chi connectivity index (χ4v) is 3.21. The fourth-order valence-electron chi connectivity index (χ4n) is 3.21. The monoisotopic (exact) mass is 317 g/mol. The molecular formula is C19H31N3O. The van der Waals surface area contributed by atoms with Crippen molar-refractivity contribution >= 4 is 11.6 Å². The molecule has 1 saturated heterocycles. The van der Waals surface area contributed by atoms with E-state index in [1.807, 2.05) is 30.3 Å². The van der Waals surface area contributed by atoms with E-state index in [1.165, 1.54) is 38.8 Å². The van der Waals surface area contributed by atoms with Crippen LogP contribution in [0.25, 0.3) is 0 Å². The highest BCUT2D eigenvalue weighted by Gasteiger charge is 2.21. The summed E-state index contributed by atoms with van der Waals surface area (Å²) in [6.07, 6.45) is 4.96. The van der Waals surface area contributed by atoms with Gasteiger partial charge in [-0.1, -0.05) is 31.5 Å². The zero-order chi connectivity index (χ0) is 16.5. The first-order valence-electron chi connectivity index (χ1n) is 8.93. The molecule has 4 nitrogen and oxygen atoms in total. The van der Waals surface area contributed by atoms with Gasteiger partial charge in [-0.25, -0.2) is 0 Å². The van der Waals surface area contributed by atoms with Gasteiger partial charge in [0.25, 0.3) is 0 Å². The maximum absolute atomic E-state index is 12.1. The van der Waals surface area contributed by atoms with E-state index in [4.69, 9.17) is 0 Å². The molecule has 0 atom stereocenters. The molecule has 128 valence electrons. The van der Waals surface area contributed by atoms with Gasteiger partial charge in [0.05, 0.1) is 6.54 Å². The number of carbonyl (C=O) groups excluding carboxylic acids is 1. The van der Waals surface area contributed by atoms with E-state index >= 15 is 0 Å². The first kappa shape index (κ1) is 18.0. The number of nitrogens with zero attached hydrogens (tertiary/aromatic N) is 2. The summed E-state index contributed by atoms with van der Waals surface area (Å²) in [6, 6.07) is 9.69. The average Bonchev–Trinajstić information content (AvgIpc) is 2.55. The third-order valence-corrected chi connectivity index (χ3v) is 4.60. The molecule has 0 bridgehead atoms. The summed E-state index contributed by atoms with van der Waals surface area (Å²) < 4.78 is 0. The summed E-state index contributed by atoms with van der Waals surface area (Å²) >= 11 is 0. The van der Waals surface area contributed by atoms with Crippen molar-refractivity contribution in [1.29, 1.82) is 0 Å². The summed E-state index contributed by atoms with van der Waals surface area (Å²) in [7, 11) is 2.23. The first-order chi connectivity index (χ1) is 11.2. The third kappa shape index (κ3) is 6.71. The van der Waals surface area contributed by atoms with Gasteiger partial charge in [0.15, 0.2) is 0 Å². The van der Waals surface area contributed by atoms with Gasteiger partial charge in [0, 0.05) is 12.2 Å². The Hall–Kier alpha value is -1.39. The van der Waals surface area contributed by atoms with Crippen LogP contribution in [0.2, 0.25) is 0 Å². The van der Waals surface area contributed by atoms with Crippen molar-refractivity contribution < 1.29 is 4.79 Å². The van der Waals surface area contributed by atoms with E-state index in [0.29, 0.717) is 6.54 Å². The standard InChI is InChI=1S/C19H31N3O/c1-3-4-12-21(2)15-17-10-13-22(14-11-17)16-19(23)20-18-8-6-5-7-9-18/h5-9,17H,3-4,10-16H2,1-2H3,(H,20,23). The van der Waals surface area contributed by atoms with Crippen LogP contribution in [-0.2, 0) is 4.79 Å². The molecule has 0 unspecified atom stereocenters. The molecule has 0 radical (unpaired) electrons. The molecule has 1 N–H and O–H groups in total. The van der Waals surface area contributed by atoms with Crippen molar-refractivity contribution in [2.45, 2.75) is 32.6 Å². The van der Waals surface area contributed by atoms with Crippen molar-refractivity contribution in [2.75, 3.05) is 45.1 Å². The Balaban J connectivity index is 1.65. The van der Waals surface area contributed by atoms with Crippen LogP contribution in [-0.4, -0.2) is 55.5 Å². The Bertz CT molecular complexity index is 455. The third-order valence-electron chi connectivity index (χ3n) is 4.60. The molecule has 1 amide bonds. The molecule has 1 heterocycles. The quantitative estimate of drug-likeness (QED) is 0.800. The Labute approximate surface area is 140 Å². The lowest BCUT2D eigenvalue weighted by Crippen LogP contribution is -2.41. The van der Waals surface area contributed by atoms with Gasteiger partial charge in [0.2, 0.25) is 5.91 Å². The minimum Gasteiger partial charge on any atom is -0.325 e. The summed E-state index contributed by atoms with van der Waals surface area (Å²) in [6.45, 7) is 7.23. The summed E-state index contributed by atoms with van der Waals surface area (Å²) in [5.74, 6) is 0.875. The molecule has 1 fully saturated rings. The van der Waals surface area contributed by atoms with E-state index in [2.05, 4.69) is 29.1 Å². The average molecular weight is 317 g/mol. The van der Waals surface area contributed by atoms with Crippen molar-refractivity contribution in [2.24, 2.45) is 5.92 Å². The predicted octanol–water partition coefficient (Wildman–Crippen LogP) is 3.07. The lowest BCUT2D eigenvalue weighted by Gasteiger charge is -2.33. The van der Waals surface area contributed by atoms with Crippen molar-refractivity contribution in [3.05, 3.63) is 30.3 Å². The number of likely N-dealkylation sites (tertiary alicyclic amines) is 1. The Morgan fingerprint density at radius 1 is 1.26 bits per heavy atom. The highest BCUT2D eigenvalue weighted by atomic mass is 16.2. The number of benzene rings is 1. The largest absolute Gasteiger partial charge is 0.325 e. The lowest BCUT2D eigenvalue weighted by atomic mass is 9.96. The predicted molar refractivity (Wildman–Crippen MR) is 96.6 cm³/mol. The number of carbonyl (C=O) groups is 1. The second kappa shape index (κ2) is 9.68. The van der Waals surface area contributed by atoms with E-state index < -0.39 is 0 Å². The number of unbranched alkanes of at least 4 members (excludes halogenated alkanes) is 1. The van der Waals surface area contributed by atoms with E-state index in [-0.39, 0.29) is 5.91 Å². The first-order valence-corrected chi connectivity index (χ1v) is 8.93. The SMILES string of the molecule is CCCCN(C)CC1CCN(CC(=O)Nc2ccccc2)CC1. The van der Waals surface area contributed by atoms with Gasteiger partial charge >= 0.3 is 0 Å². The highest BCUT2D eigenvalue weighted by molar-refractivity contribution is 5.92. The van der Waals surface area contributed by atoms with E-state index in [0.717, 1.165) is 24.7 Å². The van der Waals surface area contributed by atoms with Crippen LogP contribution in [0.3, 0.4) is 0 Å². The smallest absolute Gasteiger partial charge is 0.238 e. The molecule has 1 aliphatic rings. The minimum atomic E-state index is 0.0923. The number of hydrogen-bond acceptors (Lipinski definition) is 3. The molecule has 1 aliphatic heterocycles. The topological polar surface area (TPSA) is 35.6 Å². The van der Waals surface area contributed by atoms with Gasteiger partial charge in [0.1, 0.15) is 0 Å². The fraction of sp³-hybridized carbons (Fsp3) is 0.632. The molecule has 0 spiro atoms. The second-order valence-electron chi connectivity index (χ2n) is 6.75. The van der Waals surface area contributed by atoms with Crippen LogP contribution in [0, 0.1) is 5.92 Å². The van der Waals surface area contributed by atoms with Gasteiger partial charge < -0.3 is 10.2 Å². The van der Waals surface area contributed by atoms with Crippen LogP contribution in [0.5, 0.6) is 0 Å². The normalized spacial score (nSPS) is 16.7. The molecule has 23 heavy (non-hydrogen) atoms. The zero-order valence-electron chi connectivity index (χ0n) is 14.6. The maximum atomic E-state index is 12.1. The number of piperidine rings is 1. The molecule has 1 aromatic carbocycles. The Kier molecular flexibility index (Phi) is 7.56. The number of amides is 1. The van der Waals surface area contributed by atoms with Crippen molar-refractivity contribution in [3.63, 3.8) is 0 Å². The number of rotatable bonds is 8. The molecule has 1 aromatic rings. The second-order valence-corrected chi connectivity index (χ2v) is 6.75. The number of para-hydroxylation sites is 1. The van der Waals surface area contributed by atoms with Crippen LogP contribution >= 0.6 is 0 Å². The molecule has 0 aromatic heterocycles. The van der Waals surface area contributed by atoms with E-state index in [1.54, 1.807) is 0 Å². The summed E-state index contributed by atoms with van der Waals surface area (Å²) in [5, 5.41) is 2.97. The molecular weight excluding hydrogens is 286 g/mol. The van der Waals surface area contributed by atoms with Crippen LogP contribution in [0.15, 0.2) is 30.3 Å². The van der Waals surface area contributed by atoms with Crippen molar-refractivity contribution in [3.8, 4) is 0 Å². The van der Waals surface area contributed by atoms with Gasteiger partial charge in [-0.3, -0.25) is 9.69 Å². The van der Waals surface area contributed by atoms with Crippen LogP contribution in [0.1, 0.15) is 32.6 Å². The van der Waals surface area contributed by atoms with Gasteiger partial charge in [-0.2, -0.15) is 0 Å². The summed E-state index contributed by atoms with van der Waals surface area (Å²) in [5.41, 5.74) is 0.880. The number of nitrogens with one attached hydrogen (secondary N) is 1. The molecule has 0 aliphatic carbocycles. The molecule has 0 saturated carbocycles. The van der Waals surface area contributed by atoms with E-state index in [9.17, 15) is 4.79 Å². The number of anilines is 1. The maximum Gasteiger partial charge on any atom is 0.238 e. The highest BCUT2D eigenvalue weighted by Crippen LogP contribution is 2.18. The summed E-state index contributed by atoms with van der Waals surface area (Å²) in [4.78, 5) is 16.8. The van der Waals surface area contributed by atoms with Gasteiger partial charge in [-0.15, -0.1) is 0 Å². The molecule has 4 heteroatoms. The van der Waals surface area contributed by atoms with Crippen molar-refractivity contribution in [1.82, 2.24) is 9.80 Å². The van der Waals surface area contributed by atoms with Gasteiger partial charge in [-0.05, 0) is 64.0 Å². The van der Waals surface area contributed by atoms with Crippen LogP contribution in [0.4, 0.5) is 5.69 Å². The number of hydrogen-bond donors (Lipinski definition) is 1.